The lowest BCUT2D eigenvalue weighted by molar-refractivity contribution is 0.551. The summed E-state index contributed by atoms with van der Waals surface area (Å²) in [6.07, 6.45) is 8.97. The SMILES string of the molecule is CCCCCCCCC(N)c1sccc1Cl. The van der Waals surface area contributed by atoms with Crippen molar-refractivity contribution in [3.63, 3.8) is 0 Å². The van der Waals surface area contributed by atoms with E-state index < -0.39 is 0 Å². The molecule has 0 fully saturated rings. The van der Waals surface area contributed by atoms with Gasteiger partial charge in [-0.2, -0.15) is 0 Å². The third-order valence-corrected chi connectivity index (χ3v) is 4.34. The van der Waals surface area contributed by atoms with Crippen LogP contribution in [0.1, 0.15) is 62.8 Å². The van der Waals surface area contributed by atoms with Crippen molar-refractivity contribution in [1.29, 1.82) is 0 Å². The largest absolute Gasteiger partial charge is 0.323 e. The summed E-state index contributed by atoms with van der Waals surface area (Å²) in [5.41, 5.74) is 6.11. The smallest absolute Gasteiger partial charge is 0.0561 e. The molecule has 0 spiro atoms. The Morgan fingerprint density at radius 1 is 1.25 bits per heavy atom. The molecule has 1 rings (SSSR count). The highest BCUT2D eigenvalue weighted by atomic mass is 35.5. The molecule has 1 nitrogen and oxygen atoms in total. The molecule has 0 aliphatic rings. The van der Waals surface area contributed by atoms with Gasteiger partial charge < -0.3 is 5.73 Å². The Kier molecular flexibility index (Phi) is 7.10. The molecule has 0 aliphatic heterocycles. The summed E-state index contributed by atoms with van der Waals surface area (Å²) in [4.78, 5) is 1.15. The lowest BCUT2D eigenvalue weighted by atomic mass is 10.1. The van der Waals surface area contributed by atoms with Crippen LogP contribution in [0.5, 0.6) is 0 Å². The molecule has 0 saturated carbocycles. The number of thiophene rings is 1. The van der Waals surface area contributed by atoms with Crippen LogP contribution in [0.2, 0.25) is 5.02 Å². The number of hydrogen-bond donors (Lipinski definition) is 1. The Labute approximate surface area is 108 Å². The maximum absolute atomic E-state index is 6.11. The summed E-state index contributed by atoms with van der Waals surface area (Å²) < 4.78 is 0. The van der Waals surface area contributed by atoms with Gasteiger partial charge in [0, 0.05) is 10.9 Å². The molecular weight excluding hydrogens is 238 g/mol. The molecule has 1 aromatic heterocycles. The van der Waals surface area contributed by atoms with Gasteiger partial charge in [-0.25, -0.2) is 0 Å². The van der Waals surface area contributed by atoms with Gasteiger partial charge in [0.25, 0.3) is 0 Å². The van der Waals surface area contributed by atoms with Gasteiger partial charge in [-0.05, 0) is 17.9 Å². The molecule has 2 N–H and O–H groups in total. The van der Waals surface area contributed by atoms with E-state index in [1.165, 1.54) is 38.5 Å². The van der Waals surface area contributed by atoms with Crippen molar-refractivity contribution >= 4 is 22.9 Å². The fraction of sp³-hybridized carbons (Fsp3) is 0.692. The van der Waals surface area contributed by atoms with Crippen molar-refractivity contribution < 1.29 is 0 Å². The minimum Gasteiger partial charge on any atom is -0.323 e. The predicted molar refractivity (Wildman–Crippen MR) is 74.3 cm³/mol. The Bertz CT molecular complexity index is 285. The van der Waals surface area contributed by atoms with E-state index >= 15 is 0 Å². The number of unbranched alkanes of at least 4 members (excludes halogenated alkanes) is 5. The molecule has 0 amide bonds. The fourth-order valence-corrected chi connectivity index (χ4v) is 3.08. The summed E-state index contributed by atoms with van der Waals surface area (Å²) in [5.74, 6) is 0. The van der Waals surface area contributed by atoms with E-state index in [9.17, 15) is 0 Å². The zero-order valence-corrected chi connectivity index (χ0v) is 11.6. The summed E-state index contributed by atoms with van der Waals surface area (Å²) in [5, 5.41) is 2.85. The van der Waals surface area contributed by atoms with Crippen molar-refractivity contribution in [2.75, 3.05) is 0 Å². The van der Waals surface area contributed by atoms with Crippen molar-refractivity contribution in [2.24, 2.45) is 5.73 Å². The maximum Gasteiger partial charge on any atom is 0.0561 e. The molecule has 16 heavy (non-hydrogen) atoms. The van der Waals surface area contributed by atoms with Crippen LogP contribution in [0.25, 0.3) is 0 Å². The van der Waals surface area contributed by atoms with Gasteiger partial charge in [-0.15, -0.1) is 11.3 Å². The molecule has 1 unspecified atom stereocenters. The highest BCUT2D eigenvalue weighted by Gasteiger charge is 2.10. The Hall–Kier alpha value is -0.0500. The van der Waals surface area contributed by atoms with Crippen LogP contribution >= 0.6 is 22.9 Å². The number of nitrogens with two attached hydrogens (primary N) is 1. The first-order valence-corrected chi connectivity index (χ1v) is 7.50. The van der Waals surface area contributed by atoms with Crippen molar-refractivity contribution in [3.05, 3.63) is 21.3 Å². The minimum atomic E-state index is 0.138. The van der Waals surface area contributed by atoms with Gasteiger partial charge in [0.05, 0.1) is 5.02 Å². The van der Waals surface area contributed by atoms with E-state index in [4.69, 9.17) is 17.3 Å². The standard InChI is InChI=1S/C13H22ClNS/c1-2-3-4-5-6-7-8-12(15)13-11(14)9-10-16-13/h9-10,12H,2-8,15H2,1H3. The monoisotopic (exact) mass is 259 g/mol. The van der Waals surface area contributed by atoms with Gasteiger partial charge in [-0.1, -0.05) is 57.0 Å². The first-order valence-electron chi connectivity index (χ1n) is 6.24. The summed E-state index contributed by atoms with van der Waals surface area (Å²) in [7, 11) is 0. The zero-order valence-electron chi connectivity index (χ0n) is 10.0. The third-order valence-electron chi connectivity index (χ3n) is 2.85. The molecule has 3 heteroatoms. The summed E-state index contributed by atoms with van der Waals surface area (Å²) >= 11 is 7.72. The van der Waals surface area contributed by atoms with Gasteiger partial charge in [0.15, 0.2) is 0 Å². The molecule has 0 bridgehead atoms. The zero-order chi connectivity index (χ0) is 11.8. The second-order valence-electron chi connectivity index (χ2n) is 4.30. The first-order chi connectivity index (χ1) is 7.75. The Morgan fingerprint density at radius 2 is 1.94 bits per heavy atom. The maximum atomic E-state index is 6.11. The van der Waals surface area contributed by atoms with Gasteiger partial charge in [0.1, 0.15) is 0 Å². The van der Waals surface area contributed by atoms with E-state index in [0.717, 1.165) is 16.3 Å². The average molecular weight is 260 g/mol. The topological polar surface area (TPSA) is 26.0 Å². The number of halogens is 1. The Balaban J connectivity index is 2.11. The lowest BCUT2D eigenvalue weighted by Gasteiger charge is -2.09. The van der Waals surface area contributed by atoms with E-state index in [-0.39, 0.29) is 6.04 Å². The molecule has 0 saturated heterocycles. The van der Waals surface area contributed by atoms with Gasteiger partial charge in [0.2, 0.25) is 0 Å². The molecule has 92 valence electrons. The van der Waals surface area contributed by atoms with Gasteiger partial charge in [-0.3, -0.25) is 0 Å². The van der Waals surface area contributed by atoms with E-state index in [1.807, 2.05) is 11.4 Å². The normalized spacial score (nSPS) is 12.9. The highest BCUT2D eigenvalue weighted by Crippen LogP contribution is 2.30. The van der Waals surface area contributed by atoms with Crippen LogP contribution in [0.3, 0.4) is 0 Å². The van der Waals surface area contributed by atoms with Crippen LogP contribution < -0.4 is 5.73 Å². The third kappa shape index (κ3) is 4.86. The highest BCUT2D eigenvalue weighted by molar-refractivity contribution is 7.10. The van der Waals surface area contributed by atoms with Crippen LogP contribution in [-0.4, -0.2) is 0 Å². The van der Waals surface area contributed by atoms with Crippen LogP contribution in [0.4, 0.5) is 0 Å². The van der Waals surface area contributed by atoms with Crippen molar-refractivity contribution in [1.82, 2.24) is 0 Å². The lowest BCUT2D eigenvalue weighted by Crippen LogP contribution is -2.08. The predicted octanol–water partition coefficient (Wildman–Crippen LogP) is 5.15. The molecule has 0 aliphatic carbocycles. The molecular formula is C13H22ClNS. The average Bonchev–Trinajstić information content (AvgIpc) is 2.69. The molecule has 0 radical (unpaired) electrons. The number of rotatable bonds is 8. The van der Waals surface area contributed by atoms with Crippen molar-refractivity contribution in [3.8, 4) is 0 Å². The fourth-order valence-electron chi connectivity index (χ4n) is 1.85. The second kappa shape index (κ2) is 8.10. The van der Waals surface area contributed by atoms with Crippen LogP contribution in [0.15, 0.2) is 11.4 Å². The van der Waals surface area contributed by atoms with Crippen molar-refractivity contribution in [2.45, 2.75) is 57.9 Å². The summed E-state index contributed by atoms with van der Waals surface area (Å²) in [6.45, 7) is 2.24. The summed E-state index contributed by atoms with van der Waals surface area (Å²) in [6, 6.07) is 2.07. The quantitative estimate of drug-likeness (QED) is 0.642. The van der Waals surface area contributed by atoms with Crippen LogP contribution in [0, 0.1) is 0 Å². The Morgan fingerprint density at radius 3 is 2.56 bits per heavy atom. The molecule has 1 atom stereocenters. The van der Waals surface area contributed by atoms with E-state index in [2.05, 4.69) is 6.92 Å². The van der Waals surface area contributed by atoms with E-state index in [0.29, 0.717) is 0 Å². The molecule has 0 aromatic carbocycles. The first kappa shape index (κ1) is 14.0. The van der Waals surface area contributed by atoms with E-state index in [1.54, 1.807) is 11.3 Å². The molecule has 1 heterocycles. The molecule has 1 aromatic rings. The van der Waals surface area contributed by atoms with Crippen LogP contribution in [-0.2, 0) is 0 Å². The number of hydrogen-bond acceptors (Lipinski definition) is 2. The minimum absolute atomic E-state index is 0.138. The van der Waals surface area contributed by atoms with Gasteiger partial charge >= 0.3 is 0 Å². The second-order valence-corrected chi connectivity index (χ2v) is 5.65.